The van der Waals surface area contributed by atoms with Gasteiger partial charge < -0.3 is 10.1 Å². The molecule has 15 heavy (non-hydrogen) atoms. The van der Waals surface area contributed by atoms with Crippen molar-refractivity contribution in [2.45, 2.75) is 13.8 Å². The molecule has 0 heterocycles. The van der Waals surface area contributed by atoms with Crippen LogP contribution < -0.4 is 5.32 Å². The lowest BCUT2D eigenvalue weighted by Crippen LogP contribution is -2.28. The van der Waals surface area contributed by atoms with Crippen molar-refractivity contribution in [1.82, 2.24) is 5.32 Å². The predicted molar refractivity (Wildman–Crippen MR) is 62.7 cm³/mol. The van der Waals surface area contributed by atoms with Gasteiger partial charge in [-0.1, -0.05) is 45.2 Å². The predicted octanol–water partition coefficient (Wildman–Crippen LogP) is 2.67. The minimum atomic E-state index is -0.402. The average molecular weight is 209 g/mol. The van der Waals surface area contributed by atoms with E-state index in [9.17, 15) is 4.79 Å². The van der Waals surface area contributed by atoms with Gasteiger partial charge in [0.15, 0.2) is 0 Å². The van der Waals surface area contributed by atoms with Gasteiger partial charge in [-0.3, -0.25) is 0 Å². The second kappa shape index (κ2) is 7.85. The van der Waals surface area contributed by atoms with Crippen molar-refractivity contribution in [3.8, 4) is 0 Å². The van der Waals surface area contributed by atoms with E-state index in [1.807, 2.05) is 13.8 Å². The third kappa shape index (κ3) is 7.55. The first-order valence-electron chi connectivity index (χ1n) is 4.94. The monoisotopic (exact) mass is 209 g/mol. The number of ether oxygens (including phenoxy) is 1. The van der Waals surface area contributed by atoms with Crippen LogP contribution in [0.15, 0.2) is 37.0 Å². The number of hydrogen-bond acceptors (Lipinski definition) is 2. The molecular formula is C12H19NO2. The molecule has 0 aromatic carbocycles. The second-order valence-corrected chi connectivity index (χ2v) is 3.53. The molecule has 0 aliphatic heterocycles. The number of carbonyl (C=O) groups excluding carboxylic acids is 1. The molecule has 0 rings (SSSR count). The lowest BCUT2D eigenvalue weighted by molar-refractivity contribution is 0.155. The maximum absolute atomic E-state index is 11.2. The van der Waals surface area contributed by atoms with E-state index >= 15 is 0 Å². The van der Waals surface area contributed by atoms with E-state index in [-0.39, 0.29) is 6.61 Å². The lowest BCUT2D eigenvalue weighted by Gasteiger charge is -2.08. The number of alkyl carbamates (subject to hydrolysis) is 1. The Kier molecular flexibility index (Phi) is 7.06. The Hall–Kier alpha value is -1.51. The van der Waals surface area contributed by atoms with Crippen LogP contribution in [0.5, 0.6) is 0 Å². The standard InChI is InChI=1S/C12H19NO2/c1-5-7-11(6-2)9-15-12(14)13-8-10(3)4/h5-7,10H,1-2,8-9H2,3-4H3,(H,13,14)/b11-7+. The molecule has 0 aliphatic rings. The smallest absolute Gasteiger partial charge is 0.407 e. The van der Waals surface area contributed by atoms with E-state index in [0.717, 1.165) is 5.57 Å². The Labute approximate surface area is 91.5 Å². The molecule has 0 aliphatic carbocycles. The summed E-state index contributed by atoms with van der Waals surface area (Å²) in [6.45, 7) is 12.0. The third-order valence-corrected chi connectivity index (χ3v) is 1.62. The maximum atomic E-state index is 11.2. The Morgan fingerprint density at radius 3 is 2.60 bits per heavy atom. The molecule has 0 saturated heterocycles. The molecule has 0 atom stereocenters. The molecule has 0 unspecified atom stereocenters. The van der Waals surface area contributed by atoms with E-state index in [1.165, 1.54) is 0 Å². The van der Waals surface area contributed by atoms with Gasteiger partial charge in [-0.15, -0.1) is 0 Å². The topological polar surface area (TPSA) is 38.3 Å². The molecule has 0 fully saturated rings. The number of nitrogens with one attached hydrogen (secondary N) is 1. The highest BCUT2D eigenvalue weighted by Crippen LogP contribution is 1.97. The normalized spacial score (nSPS) is 11.0. The molecule has 84 valence electrons. The van der Waals surface area contributed by atoms with Crippen molar-refractivity contribution in [2.24, 2.45) is 5.92 Å². The van der Waals surface area contributed by atoms with Crippen LogP contribution in [0.2, 0.25) is 0 Å². The number of allylic oxidation sites excluding steroid dienone is 2. The van der Waals surface area contributed by atoms with E-state index in [0.29, 0.717) is 12.5 Å². The summed E-state index contributed by atoms with van der Waals surface area (Å²) in [6, 6.07) is 0. The maximum Gasteiger partial charge on any atom is 0.407 e. The van der Waals surface area contributed by atoms with Crippen LogP contribution in [0, 0.1) is 5.92 Å². The van der Waals surface area contributed by atoms with Crippen LogP contribution >= 0.6 is 0 Å². The molecular weight excluding hydrogens is 190 g/mol. The van der Waals surface area contributed by atoms with Crippen molar-refractivity contribution in [3.05, 3.63) is 37.0 Å². The molecule has 0 aromatic heterocycles. The summed E-state index contributed by atoms with van der Waals surface area (Å²) in [4.78, 5) is 11.2. The number of amides is 1. The van der Waals surface area contributed by atoms with E-state index < -0.39 is 6.09 Å². The number of hydrogen-bond donors (Lipinski definition) is 1. The van der Waals surface area contributed by atoms with Crippen LogP contribution in [-0.4, -0.2) is 19.2 Å². The van der Waals surface area contributed by atoms with Crippen molar-refractivity contribution in [1.29, 1.82) is 0 Å². The highest BCUT2D eigenvalue weighted by molar-refractivity contribution is 5.67. The summed E-state index contributed by atoms with van der Waals surface area (Å²) in [6.07, 6.45) is 4.62. The van der Waals surface area contributed by atoms with Crippen molar-refractivity contribution in [2.75, 3.05) is 13.2 Å². The van der Waals surface area contributed by atoms with Crippen molar-refractivity contribution >= 4 is 6.09 Å². The third-order valence-electron chi connectivity index (χ3n) is 1.62. The summed E-state index contributed by atoms with van der Waals surface area (Å²) in [5, 5.41) is 2.66. The van der Waals surface area contributed by atoms with Gasteiger partial charge in [0, 0.05) is 6.54 Å². The van der Waals surface area contributed by atoms with Gasteiger partial charge in [0.05, 0.1) is 0 Å². The molecule has 0 saturated carbocycles. The van der Waals surface area contributed by atoms with Gasteiger partial charge in [-0.2, -0.15) is 0 Å². The van der Waals surface area contributed by atoms with Crippen LogP contribution in [0.3, 0.4) is 0 Å². The zero-order chi connectivity index (χ0) is 11.7. The zero-order valence-corrected chi connectivity index (χ0v) is 9.45. The van der Waals surface area contributed by atoms with Gasteiger partial charge in [-0.25, -0.2) is 4.79 Å². The number of rotatable bonds is 6. The summed E-state index contributed by atoms with van der Waals surface area (Å²) < 4.78 is 4.96. The molecule has 0 spiro atoms. The van der Waals surface area contributed by atoms with Gasteiger partial charge >= 0.3 is 6.09 Å². The first-order chi connectivity index (χ1) is 7.10. The van der Waals surface area contributed by atoms with Crippen LogP contribution in [0.25, 0.3) is 0 Å². The lowest BCUT2D eigenvalue weighted by atomic mass is 10.2. The van der Waals surface area contributed by atoms with Crippen molar-refractivity contribution < 1.29 is 9.53 Å². The molecule has 1 amide bonds. The molecule has 0 aromatic rings. The number of carbonyl (C=O) groups is 1. The SMILES string of the molecule is C=C/C=C(\C=C)COC(=O)NCC(C)C. The van der Waals surface area contributed by atoms with Crippen LogP contribution in [-0.2, 0) is 4.74 Å². The molecule has 1 N–H and O–H groups in total. The molecule has 3 nitrogen and oxygen atoms in total. The second-order valence-electron chi connectivity index (χ2n) is 3.53. The minimum Gasteiger partial charge on any atom is -0.445 e. The van der Waals surface area contributed by atoms with E-state index in [2.05, 4.69) is 18.5 Å². The van der Waals surface area contributed by atoms with Gasteiger partial charge in [0.1, 0.15) is 6.61 Å². The van der Waals surface area contributed by atoms with Crippen LogP contribution in [0.4, 0.5) is 4.79 Å². The van der Waals surface area contributed by atoms with Gasteiger partial charge in [0.2, 0.25) is 0 Å². The molecule has 0 bridgehead atoms. The fourth-order valence-corrected chi connectivity index (χ4v) is 0.814. The van der Waals surface area contributed by atoms with Gasteiger partial charge in [0.25, 0.3) is 0 Å². The summed E-state index contributed by atoms with van der Waals surface area (Å²) in [5.41, 5.74) is 0.824. The average Bonchev–Trinajstić information content (AvgIpc) is 2.21. The largest absolute Gasteiger partial charge is 0.445 e. The highest BCUT2D eigenvalue weighted by Gasteiger charge is 2.02. The Morgan fingerprint density at radius 2 is 2.13 bits per heavy atom. The van der Waals surface area contributed by atoms with Crippen LogP contribution in [0.1, 0.15) is 13.8 Å². The highest BCUT2D eigenvalue weighted by atomic mass is 16.5. The summed E-state index contributed by atoms with van der Waals surface area (Å²) in [5.74, 6) is 0.417. The fourth-order valence-electron chi connectivity index (χ4n) is 0.814. The zero-order valence-electron chi connectivity index (χ0n) is 9.45. The quantitative estimate of drug-likeness (QED) is 0.683. The fraction of sp³-hybridized carbons (Fsp3) is 0.417. The first kappa shape index (κ1) is 13.5. The summed E-state index contributed by atoms with van der Waals surface area (Å²) >= 11 is 0. The molecule has 0 radical (unpaired) electrons. The van der Waals surface area contributed by atoms with Crippen molar-refractivity contribution in [3.63, 3.8) is 0 Å². The first-order valence-corrected chi connectivity index (χ1v) is 4.94. The van der Waals surface area contributed by atoms with E-state index in [4.69, 9.17) is 4.74 Å². The minimum absolute atomic E-state index is 0.222. The van der Waals surface area contributed by atoms with Gasteiger partial charge in [-0.05, 0) is 11.5 Å². The Balaban J connectivity index is 3.83. The Morgan fingerprint density at radius 1 is 1.47 bits per heavy atom. The molecule has 3 heteroatoms. The Bertz CT molecular complexity index is 254. The van der Waals surface area contributed by atoms with E-state index in [1.54, 1.807) is 18.2 Å². The summed E-state index contributed by atoms with van der Waals surface area (Å²) in [7, 11) is 0.